The van der Waals surface area contributed by atoms with E-state index in [-0.39, 0.29) is 5.91 Å². The van der Waals surface area contributed by atoms with Gasteiger partial charge in [-0.05, 0) is 31.5 Å². The zero-order valence-electron chi connectivity index (χ0n) is 13.2. The summed E-state index contributed by atoms with van der Waals surface area (Å²) in [6.07, 6.45) is 0.372. The van der Waals surface area contributed by atoms with E-state index in [9.17, 15) is 9.90 Å². The molecule has 0 unspecified atom stereocenters. The highest BCUT2D eigenvalue weighted by Gasteiger charge is 2.24. The fraction of sp³-hybridized carbons (Fsp3) is 0.529. The fourth-order valence-corrected chi connectivity index (χ4v) is 2.69. The maximum absolute atomic E-state index is 12.3. The van der Waals surface area contributed by atoms with Crippen LogP contribution in [0.15, 0.2) is 24.3 Å². The fourth-order valence-electron chi connectivity index (χ4n) is 2.69. The molecular weight excluding hydrogens is 278 g/mol. The maximum atomic E-state index is 12.3. The van der Waals surface area contributed by atoms with Gasteiger partial charge in [0.05, 0.1) is 23.7 Å². The van der Waals surface area contributed by atoms with E-state index in [1.807, 2.05) is 17.0 Å². The first-order chi connectivity index (χ1) is 10.4. The number of benzene rings is 1. The highest BCUT2D eigenvalue weighted by molar-refractivity contribution is 5.78. The van der Waals surface area contributed by atoms with Crippen molar-refractivity contribution in [3.05, 3.63) is 35.4 Å². The first kappa shape index (κ1) is 16.5. The standard InChI is InChI=1S/C17H23N3O2/c1-17(2,22)13-19-7-9-20(10-8-19)16(21)11-14-3-5-15(12-18)6-4-14/h3-6,22H,7-11,13H2,1-2H3. The van der Waals surface area contributed by atoms with Crippen LogP contribution in [0.1, 0.15) is 25.0 Å². The van der Waals surface area contributed by atoms with Crippen molar-refractivity contribution in [3.8, 4) is 6.07 Å². The summed E-state index contributed by atoms with van der Waals surface area (Å²) < 4.78 is 0. The second kappa shape index (κ2) is 6.91. The molecule has 1 fully saturated rings. The normalized spacial score (nSPS) is 16.4. The molecule has 2 rings (SSSR count). The summed E-state index contributed by atoms with van der Waals surface area (Å²) in [7, 11) is 0. The predicted octanol–water partition coefficient (Wildman–Crippen LogP) is 1.02. The molecular formula is C17H23N3O2. The Morgan fingerprint density at radius 2 is 1.82 bits per heavy atom. The summed E-state index contributed by atoms with van der Waals surface area (Å²) in [4.78, 5) is 16.4. The minimum absolute atomic E-state index is 0.118. The highest BCUT2D eigenvalue weighted by Crippen LogP contribution is 2.11. The minimum atomic E-state index is -0.700. The highest BCUT2D eigenvalue weighted by atomic mass is 16.3. The van der Waals surface area contributed by atoms with Gasteiger partial charge in [-0.2, -0.15) is 5.26 Å². The van der Waals surface area contributed by atoms with E-state index >= 15 is 0 Å². The number of carbonyl (C=O) groups excluding carboxylic acids is 1. The summed E-state index contributed by atoms with van der Waals surface area (Å²) in [5.74, 6) is 0.118. The minimum Gasteiger partial charge on any atom is -0.389 e. The van der Waals surface area contributed by atoms with Gasteiger partial charge >= 0.3 is 0 Å². The maximum Gasteiger partial charge on any atom is 0.227 e. The Bertz CT molecular complexity index is 547. The molecule has 0 saturated carbocycles. The molecule has 118 valence electrons. The van der Waals surface area contributed by atoms with E-state index < -0.39 is 5.60 Å². The van der Waals surface area contributed by atoms with Gasteiger partial charge in [-0.25, -0.2) is 0 Å². The number of hydrogen-bond donors (Lipinski definition) is 1. The van der Waals surface area contributed by atoms with Gasteiger partial charge in [0.15, 0.2) is 0 Å². The molecule has 1 saturated heterocycles. The van der Waals surface area contributed by atoms with Gasteiger partial charge in [0.25, 0.3) is 0 Å². The Morgan fingerprint density at radius 1 is 1.23 bits per heavy atom. The summed E-state index contributed by atoms with van der Waals surface area (Å²) in [6, 6.07) is 9.22. The van der Waals surface area contributed by atoms with E-state index in [2.05, 4.69) is 11.0 Å². The number of aliphatic hydroxyl groups is 1. The van der Waals surface area contributed by atoms with Crippen LogP contribution in [0.2, 0.25) is 0 Å². The number of β-amino-alcohol motifs (C(OH)–C–C–N with tert-alkyl or cyclic N) is 1. The molecule has 1 aliphatic heterocycles. The predicted molar refractivity (Wildman–Crippen MR) is 84.2 cm³/mol. The van der Waals surface area contributed by atoms with E-state index in [0.717, 1.165) is 18.7 Å². The molecule has 1 aromatic rings. The smallest absolute Gasteiger partial charge is 0.227 e. The number of nitrogens with zero attached hydrogens (tertiary/aromatic N) is 3. The van der Waals surface area contributed by atoms with E-state index in [1.54, 1.807) is 26.0 Å². The summed E-state index contributed by atoms with van der Waals surface area (Å²) >= 11 is 0. The van der Waals surface area contributed by atoms with Crippen molar-refractivity contribution in [3.63, 3.8) is 0 Å². The lowest BCUT2D eigenvalue weighted by atomic mass is 10.1. The summed E-state index contributed by atoms with van der Waals surface area (Å²) in [5, 5.41) is 18.6. The molecule has 0 atom stereocenters. The van der Waals surface area contributed by atoms with Crippen LogP contribution in [0.3, 0.4) is 0 Å². The topological polar surface area (TPSA) is 67.6 Å². The van der Waals surface area contributed by atoms with Gasteiger partial charge in [-0.3, -0.25) is 9.69 Å². The Kier molecular flexibility index (Phi) is 5.17. The first-order valence-corrected chi connectivity index (χ1v) is 7.59. The van der Waals surface area contributed by atoms with Gasteiger partial charge in [0.1, 0.15) is 0 Å². The molecule has 0 aliphatic carbocycles. The quantitative estimate of drug-likeness (QED) is 0.901. The second-order valence-electron chi connectivity index (χ2n) is 6.45. The first-order valence-electron chi connectivity index (χ1n) is 7.59. The summed E-state index contributed by atoms with van der Waals surface area (Å²) in [6.45, 7) is 7.22. The Morgan fingerprint density at radius 3 is 2.32 bits per heavy atom. The van der Waals surface area contributed by atoms with E-state index in [1.165, 1.54) is 0 Å². The molecule has 1 heterocycles. The molecule has 1 aromatic carbocycles. The van der Waals surface area contributed by atoms with Crippen LogP contribution >= 0.6 is 0 Å². The van der Waals surface area contributed by atoms with Crippen molar-refractivity contribution in [2.75, 3.05) is 32.7 Å². The average molecular weight is 301 g/mol. The average Bonchev–Trinajstić information content (AvgIpc) is 2.47. The van der Waals surface area contributed by atoms with E-state index in [0.29, 0.717) is 31.6 Å². The molecule has 0 spiro atoms. The molecule has 1 N–H and O–H groups in total. The molecule has 0 bridgehead atoms. The third kappa shape index (κ3) is 4.83. The SMILES string of the molecule is CC(C)(O)CN1CCN(C(=O)Cc2ccc(C#N)cc2)CC1. The van der Waals surface area contributed by atoms with Crippen LogP contribution in [0.5, 0.6) is 0 Å². The van der Waals surface area contributed by atoms with Crippen molar-refractivity contribution < 1.29 is 9.90 Å². The van der Waals surface area contributed by atoms with Crippen molar-refractivity contribution in [2.45, 2.75) is 25.9 Å². The van der Waals surface area contributed by atoms with E-state index in [4.69, 9.17) is 5.26 Å². The molecule has 0 aromatic heterocycles. The van der Waals surface area contributed by atoms with Gasteiger partial charge in [-0.15, -0.1) is 0 Å². The van der Waals surface area contributed by atoms with Crippen LogP contribution in [-0.2, 0) is 11.2 Å². The van der Waals surface area contributed by atoms with Crippen LogP contribution < -0.4 is 0 Å². The van der Waals surface area contributed by atoms with Crippen molar-refractivity contribution >= 4 is 5.91 Å². The van der Waals surface area contributed by atoms with Gasteiger partial charge in [-0.1, -0.05) is 12.1 Å². The molecule has 1 amide bonds. The number of rotatable bonds is 4. The molecule has 1 aliphatic rings. The lowest BCUT2D eigenvalue weighted by Crippen LogP contribution is -2.52. The lowest BCUT2D eigenvalue weighted by Gasteiger charge is -2.37. The zero-order chi connectivity index (χ0) is 16.2. The molecule has 22 heavy (non-hydrogen) atoms. The third-order valence-electron chi connectivity index (χ3n) is 3.77. The van der Waals surface area contributed by atoms with Gasteiger partial charge in [0.2, 0.25) is 5.91 Å². The number of amides is 1. The number of carbonyl (C=O) groups is 1. The monoisotopic (exact) mass is 301 g/mol. The largest absolute Gasteiger partial charge is 0.389 e. The van der Waals surface area contributed by atoms with Gasteiger partial charge in [0, 0.05) is 32.7 Å². The van der Waals surface area contributed by atoms with Crippen LogP contribution in [-0.4, -0.2) is 59.1 Å². The lowest BCUT2D eigenvalue weighted by molar-refractivity contribution is -0.132. The van der Waals surface area contributed by atoms with Crippen molar-refractivity contribution in [1.82, 2.24) is 9.80 Å². The zero-order valence-corrected chi connectivity index (χ0v) is 13.2. The molecule has 5 heteroatoms. The Hall–Kier alpha value is -1.90. The number of nitriles is 1. The number of hydrogen-bond acceptors (Lipinski definition) is 4. The summed E-state index contributed by atoms with van der Waals surface area (Å²) in [5.41, 5.74) is 0.841. The van der Waals surface area contributed by atoms with Gasteiger partial charge < -0.3 is 10.0 Å². The Labute approximate surface area is 131 Å². The molecule has 5 nitrogen and oxygen atoms in total. The van der Waals surface area contributed by atoms with Crippen LogP contribution in [0, 0.1) is 11.3 Å². The third-order valence-corrected chi connectivity index (χ3v) is 3.77. The van der Waals surface area contributed by atoms with Crippen molar-refractivity contribution in [1.29, 1.82) is 5.26 Å². The van der Waals surface area contributed by atoms with Crippen LogP contribution in [0.4, 0.5) is 0 Å². The second-order valence-corrected chi connectivity index (χ2v) is 6.45. The van der Waals surface area contributed by atoms with Crippen LogP contribution in [0.25, 0.3) is 0 Å². The van der Waals surface area contributed by atoms with Crippen molar-refractivity contribution in [2.24, 2.45) is 0 Å². The molecule has 0 radical (unpaired) electrons. The number of piperazine rings is 1. The Balaban J connectivity index is 1.83.